The van der Waals surface area contributed by atoms with Gasteiger partial charge in [-0.15, -0.1) is 0 Å². The Balaban J connectivity index is 2.21. The number of rotatable bonds is 43. The highest BCUT2D eigenvalue weighted by Gasteiger charge is 2.48. The molecule has 6 atom stereocenters. The second-order valence-electron chi connectivity index (χ2n) is 17.1. The lowest BCUT2D eigenvalue weighted by Gasteiger charge is -2.41. The van der Waals surface area contributed by atoms with E-state index in [9.17, 15) is 28.5 Å². The number of hydrogen-bond acceptors (Lipinski definition) is 11. The second-order valence-corrected chi connectivity index (χ2v) is 18.1. The lowest BCUT2D eigenvalue weighted by atomic mass is 9.99. The molecule has 0 aliphatic carbocycles. The summed E-state index contributed by atoms with van der Waals surface area (Å²) < 4.78 is 58.9. The first kappa shape index (κ1) is 56.1. The highest BCUT2D eigenvalue weighted by atomic mass is 32.3. The summed E-state index contributed by atoms with van der Waals surface area (Å²) >= 11 is 0. The Kier molecular flexibility index (Phi) is 36.9. The number of unbranched alkanes of at least 4 members (excludes halogenated alkanes) is 30. The minimum absolute atomic E-state index is 0.0436. The predicted octanol–water partition coefficient (Wildman–Crippen LogP) is 10.5. The smallest absolute Gasteiger partial charge is 0.397 e. The molecule has 4 N–H and O–H groups in total. The molecule has 13 heteroatoms. The molecule has 0 aromatic heterocycles. The minimum atomic E-state index is -5.05. The van der Waals surface area contributed by atoms with Crippen LogP contribution in [0.2, 0.25) is 0 Å². The molecule has 12 nitrogen and oxygen atoms in total. The Labute approximate surface area is 360 Å². The molecule has 0 radical (unpaired) electrons. The summed E-state index contributed by atoms with van der Waals surface area (Å²) in [5, 5.41) is 30.6. The molecule has 1 fully saturated rings. The molecular weight excluding hydrogens is 777 g/mol. The number of aliphatic hydroxyl groups is 3. The molecule has 0 aromatic rings. The van der Waals surface area contributed by atoms with Gasteiger partial charge in [-0.05, 0) is 12.8 Å². The van der Waals surface area contributed by atoms with Crippen LogP contribution in [0.5, 0.6) is 0 Å². The Morgan fingerprint density at radius 2 is 0.966 bits per heavy atom. The lowest BCUT2D eigenvalue weighted by molar-refractivity contribution is -0.301. The van der Waals surface area contributed by atoms with Crippen molar-refractivity contribution in [2.45, 2.75) is 263 Å². The van der Waals surface area contributed by atoms with Crippen LogP contribution in [0, 0.1) is 0 Å². The van der Waals surface area contributed by atoms with E-state index in [1.807, 2.05) is 0 Å². The quantitative estimate of drug-likeness (QED) is 0.0259. The van der Waals surface area contributed by atoms with Gasteiger partial charge in [-0.1, -0.05) is 206 Å². The van der Waals surface area contributed by atoms with E-state index in [0.717, 1.165) is 38.5 Å². The molecule has 6 unspecified atom stereocenters. The van der Waals surface area contributed by atoms with Crippen molar-refractivity contribution in [1.29, 1.82) is 0 Å². The van der Waals surface area contributed by atoms with Crippen molar-refractivity contribution >= 4 is 16.4 Å². The molecule has 0 spiro atoms. The highest BCUT2D eigenvalue weighted by molar-refractivity contribution is 7.80. The summed E-state index contributed by atoms with van der Waals surface area (Å²) in [4.78, 5) is 12.7. The van der Waals surface area contributed by atoms with Gasteiger partial charge < -0.3 is 34.3 Å². The maximum atomic E-state index is 12.7. The van der Waals surface area contributed by atoms with Crippen molar-refractivity contribution in [2.24, 2.45) is 0 Å². The van der Waals surface area contributed by atoms with Gasteiger partial charge in [0.25, 0.3) is 0 Å². The summed E-state index contributed by atoms with van der Waals surface area (Å²) in [7, 11) is -5.05. The fraction of sp³-hybridized carbons (Fsp3) is 0.978. The fourth-order valence-electron chi connectivity index (χ4n) is 7.79. The first-order chi connectivity index (χ1) is 28.6. The van der Waals surface area contributed by atoms with E-state index in [2.05, 4.69) is 18.0 Å². The van der Waals surface area contributed by atoms with Gasteiger partial charge in [0, 0.05) is 13.0 Å². The van der Waals surface area contributed by atoms with Crippen LogP contribution in [0.4, 0.5) is 0 Å². The zero-order chi connectivity index (χ0) is 43.2. The van der Waals surface area contributed by atoms with Crippen LogP contribution < -0.4 is 0 Å². The number of carbonyl (C=O) groups excluding carboxylic acids is 1. The van der Waals surface area contributed by atoms with Gasteiger partial charge in [0.1, 0.15) is 30.5 Å². The van der Waals surface area contributed by atoms with Crippen molar-refractivity contribution in [3.05, 3.63) is 0 Å². The number of carbonyl (C=O) groups is 1. The number of ether oxygens (including phenoxy) is 4. The third kappa shape index (κ3) is 32.4. The van der Waals surface area contributed by atoms with E-state index in [1.165, 1.54) is 161 Å². The van der Waals surface area contributed by atoms with Crippen LogP contribution in [0.3, 0.4) is 0 Å². The zero-order valence-corrected chi connectivity index (χ0v) is 38.4. The van der Waals surface area contributed by atoms with Gasteiger partial charge in [-0.2, -0.15) is 8.42 Å². The Bertz CT molecular complexity index is 1050. The zero-order valence-electron chi connectivity index (χ0n) is 37.6. The summed E-state index contributed by atoms with van der Waals surface area (Å²) in [6.07, 6.45) is 31.9. The standard InChI is InChI=1S/C46H90O12S/c1-3-5-7-9-11-12-13-14-15-16-17-18-19-20-21-22-23-24-25-26-27-28-30-32-34-36-54-38-40(56-42(48)35-33-31-29-10-8-6-4-2)39-55-46-44(50)45(58-59(51,52)53)43(49)41(37-47)57-46/h40-41,43-47,49-50H,3-39H2,1-2H3,(H,51,52,53). The highest BCUT2D eigenvalue weighted by Crippen LogP contribution is 2.26. The lowest BCUT2D eigenvalue weighted by Crippen LogP contribution is -2.60. The predicted molar refractivity (Wildman–Crippen MR) is 235 cm³/mol. The van der Waals surface area contributed by atoms with Gasteiger partial charge in [-0.25, -0.2) is 4.18 Å². The summed E-state index contributed by atoms with van der Waals surface area (Å²) in [5.74, 6) is -0.401. The third-order valence-corrected chi connectivity index (χ3v) is 11.9. The fourth-order valence-corrected chi connectivity index (χ4v) is 8.30. The Hall–Kier alpha value is -0.900. The van der Waals surface area contributed by atoms with Gasteiger partial charge in [-0.3, -0.25) is 9.35 Å². The van der Waals surface area contributed by atoms with Crippen LogP contribution >= 0.6 is 0 Å². The maximum Gasteiger partial charge on any atom is 0.397 e. The molecule has 0 saturated carbocycles. The first-order valence-corrected chi connectivity index (χ1v) is 25.7. The van der Waals surface area contributed by atoms with Crippen molar-refractivity contribution in [3.63, 3.8) is 0 Å². The molecule has 0 amide bonds. The van der Waals surface area contributed by atoms with E-state index < -0.39 is 59.8 Å². The van der Waals surface area contributed by atoms with Crippen LogP contribution in [0.25, 0.3) is 0 Å². The average molecular weight is 867 g/mol. The molecule has 1 saturated heterocycles. The molecular formula is C46H90O12S. The maximum absolute atomic E-state index is 12.7. The number of hydrogen-bond donors (Lipinski definition) is 4. The summed E-state index contributed by atoms with van der Waals surface area (Å²) in [5.41, 5.74) is 0. The molecule has 59 heavy (non-hydrogen) atoms. The van der Waals surface area contributed by atoms with E-state index in [0.29, 0.717) is 13.0 Å². The van der Waals surface area contributed by atoms with Gasteiger partial charge >= 0.3 is 16.4 Å². The number of esters is 1. The second kappa shape index (κ2) is 38.7. The topological polar surface area (TPSA) is 178 Å². The molecule has 352 valence electrons. The van der Waals surface area contributed by atoms with E-state index in [1.54, 1.807) is 0 Å². The van der Waals surface area contributed by atoms with E-state index in [4.69, 9.17) is 23.5 Å². The van der Waals surface area contributed by atoms with Crippen molar-refractivity contribution in [3.8, 4) is 0 Å². The van der Waals surface area contributed by atoms with Crippen molar-refractivity contribution in [2.75, 3.05) is 26.4 Å². The monoisotopic (exact) mass is 867 g/mol. The van der Waals surface area contributed by atoms with Gasteiger partial charge in [0.05, 0.1) is 19.8 Å². The van der Waals surface area contributed by atoms with Gasteiger partial charge in [0.15, 0.2) is 6.29 Å². The first-order valence-electron chi connectivity index (χ1n) is 24.3. The number of aliphatic hydroxyl groups excluding tert-OH is 3. The Morgan fingerprint density at radius 3 is 1.36 bits per heavy atom. The normalized spacial score (nSPS) is 20.3. The molecule has 0 aromatic carbocycles. The largest absolute Gasteiger partial charge is 0.457 e. The molecule has 1 rings (SSSR count). The molecule has 1 aliphatic heterocycles. The van der Waals surface area contributed by atoms with Crippen molar-refractivity contribution in [1.82, 2.24) is 0 Å². The minimum Gasteiger partial charge on any atom is -0.457 e. The van der Waals surface area contributed by atoms with Crippen LogP contribution in [-0.4, -0.2) is 97.5 Å². The molecule has 1 heterocycles. The molecule has 1 aliphatic rings. The van der Waals surface area contributed by atoms with Crippen LogP contribution in [0.15, 0.2) is 0 Å². The van der Waals surface area contributed by atoms with Crippen LogP contribution in [0.1, 0.15) is 226 Å². The van der Waals surface area contributed by atoms with Crippen LogP contribution in [-0.2, 0) is 38.3 Å². The van der Waals surface area contributed by atoms with E-state index in [-0.39, 0.29) is 19.6 Å². The van der Waals surface area contributed by atoms with Gasteiger partial charge in [0.2, 0.25) is 0 Å². The van der Waals surface area contributed by atoms with Crippen molar-refractivity contribution < 1.29 is 56.2 Å². The third-order valence-electron chi connectivity index (χ3n) is 11.5. The summed E-state index contributed by atoms with van der Waals surface area (Å²) in [6, 6.07) is 0. The Morgan fingerprint density at radius 1 is 0.576 bits per heavy atom. The SMILES string of the molecule is CCCCCCCCCCCCCCCCCCCCCCCCCCCOCC(COC1OC(CO)C(O)C(OS(=O)(=O)O)C1O)OC(=O)CCCCCCCCC. The summed E-state index contributed by atoms with van der Waals surface area (Å²) in [6.45, 7) is 3.98. The molecule has 0 bridgehead atoms. The average Bonchev–Trinajstić information content (AvgIpc) is 3.20. The van der Waals surface area contributed by atoms with E-state index >= 15 is 0 Å².